The van der Waals surface area contributed by atoms with Gasteiger partial charge in [-0.3, -0.25) is 0 Å². The number of carboxylic acid groups (broad SMARTS) is 1. The standard InChI is InChI=1S/C26H30N2O6/c1-4-13-33-25(31)27-14-16(2)17(3)23(24(29)30)28-26(32)34-15-22-20-11-7-5-9-18(20)19-10-6-8-12-21(19)22/h4-12,16-17,22-23H,1,13-15H2,2-3H3,(H,27,31)(H,28,32)(H,29,30). The van der Waals surface area contributed by atoms with E-state index in [9.17, 15) is 19.5 Å². The van der Waals surface area contributed by atoms with Crippen LogP contribution in [-0.4, -0.2) is 49.1 Å². The summed E-state index contributed by atoms with van der Waals surface area (Å²) in [5.74, 6) is -2.05. The number of carboxylic acids is 1. The Balaban J connectivity index is 1.59. The summed E-state index contributed by atoms with van der Waals surface area (Å²) in [6.45, 7) is 7.31. The molecule has 2 aromatic carbocycles. The van der Waals surface area contributed by atoms with Crippen LogP contribution in [0, 0.1) is 11.8 Å². The van der Waals surface area contributed by atoms with Crippen molar-refractivity contribution in [2.45, 2.75) is 25.8 Å². The highest BCUT2D eigenvalue weighted by atomic mass is 16.6. The van der Waals surface area contributed by atoms with Crippen LogP contribution < -0.4 is 10.6 Å². The van der Waals surface area contributed by atoms with Crippen LogP contribution >= 0.6 is 0 Å². The van der Waals surface area contributed by atoms with Crippen LogP contribution in [0.3, 0.4) is 0 Å². The number of ether oxygens (including phenoxy) is 2. The Bertz CT molecular complexity index is 1010. The van der Waals surface area contributed by atoms with E-state index >= 15 is 0 Å². The predicted octanol–water partition coefficient (Wildman–Crippen LogP) is 4.16. The molecular formula is C26H30N2O6. The molecule has 0 aliphatic heterocycles. The van der Waals surface area contributed by atoms with Crippen LogP contribution in [0.4, 0.5) is 9.59 Å². The molecule has 180 valence electrons. The molecule has 3 rings (SSSR count). The zero-order valence-electron chi connectivity index (χ0n) is 19.3. The summed E-state index contributed by atoms with van der Waals surface area (Å²) >= 11 is 0. The first-order valence-electron chi connectivity index (χ1n) is 11.2. The fourth-order valence-corrected chi connectivity index (χ4v) is 4.13. The van der Waals surface area contributed by atoms with E-state index in [4.69, 9.17) is 9.47 Å². The summed E-state index contributed by atoms with van der Waals surface area (Å²) in [5, 5.41) is 14.7. The van der Waals surface area contributed by atoms with Gasteiger partial charge in [-0.1, -0.05) is 75.0 Å². The summed E-state index contributed by atoms with van der Waals surface area (Å²) in [6.07, 6.45) is 0.0340. The van der Waals surface area contributed by atoms with Gasteiger partial charge in [-0.15, -0.1) is 0 Å². The molecule has 3 N–H and O–H groups in total. The number of fused-ring (bicyclic) bond motifs is 3. The summed E-state index contributed by atoms with van der Waals surface area (Å²) in [7, 11) is 0. The van der Waals surface area contributed by atoms with Crippen LogP contribution in [0.1, 0.15) is 30.9 Å². The number of aliphatic carboxylic acids is 1. The Morgan fingerprint density at radius 1 is 1.00 bits per heavy atom. The lowest BCUT2D eigenvalue weighted by Crippen LogP contribution is -2.48. The molecule has 0 saturated heterocycles. The van der Waals surface area contributed by atoms with E-state index in [1.807, 2.05) is 48.5 Å². The molecule has 8 nitrogen and oxygen atoms in total. The van der Waals surface area contributed by atoms with E-state index in [-0.39, 0.29) is 31.6 Å². The van der Waals surface area contributed by atoms with Gasteiger partial charge in [-0.25, -0.2) is 14.4 Å². The van der Waals surface area contributed by atoms with Gasteiger partial charge in [0.1, 0.15) is 19.3 Å². The minimum Gasteiger partial charge on any atom is -0.480 e. The number of benzene rings is 2. The van der Waals surface area contributed by atoms with Gasteiger partial charge in [0.15, 0.2) is 0 Å². The normalized spacial score (nSPS) is 14.6. The Hall–Kier alpha value is -3.81. The Kier molecular flexibility index (Phi) is 8.29. The molecule has 34 heavy (non-hydrogen) atoms. The molecule has 0 fully saturated rings. The number of rotatable bonds is 10. The van der Waals surface area contributed by atoms with Crippen molar-refractivity contribution >= 4 is 18.2 Å². The van der Waals surface area contributed by atoms with Gasteiger partial charge in [0.05, 0.1) is 0 Å². The second-order valence-corrected chi connectivity index (χ2v) is 8.39. The zero-order valence-corrected chi connectivity index (χ0v) is 19.3. The molecule has 2 aromatic rings. The summed E-state index contributed by atoms with van der Waals surface area (Å²) < 4.78 is 10.3. The van der Waals surface area contributed by atoms with E-state index < -0.39 is 30.1 Å². The summed E-state index contributed by atoms with van der Waals surface area (Å²) in [6, 6.07) is 14.8. The number of nitrogens with one attached hydrogen (secondary N) is 2. The SMILES string of the molecule is C=CCOC(=O)NCC(C)C(C)C(NC(=O)OCC1c2ccccc2-c2ccccc21)C(=O)O. The molecule has 3 atom stereocenters. The van der Waals surface area contributed by atoms with Crippen molar-refractivity contribution < 1.29 is 29.0 Å². The molecule has 1 aliphatic rings. The number of hydrogen-bond donors (Lipinski definition) is 3. The maximum Gasteiger partial charge on any atom is 0.407 e. The smallest absolute Gasteiger partial charge is 0.407 e. The molecule has 8 heteroatoms. The van der Waals surface area contributed by atoms with Gasteiger partial charge in [-0.2, -0.15) is 0 Å². The van der Waals surface area contributed by atoms with Crippen molar-refractivity contribution in [2.75, 3.05) is 19.8 Å². The Labute approximate surface area is 199 Å². The third-order valence-corrected chi connectivity index (χ3v) is 6.21. The van der Waals surface area contributed by atoms with Gasteiger partial charge in [0, 0.05) is 12.5 Å². The van der Waals surface area contributed by atoms with Crippen molar-refractivity contribution in [2.24, 2.45) is 11.8 Å². The highest BCUT2D eigenvalue weighted by Crippen LogP contribution is 2.44. The lowest BCUT2D eigenvalue weighted by atomic mass is 9.89. The van der Waals surface area contributed by atoms with Crippen molar-refractivity contribution in [1.82, 2.24) is 10.6 Å². The van der Waals surface area contributed by atoms with Crippen LogP contribution in [0.15, 0.2) is 61.2 Å². The largest absolute Gasteiger partial charge is 0.480 e. The molecule has 2 amide bonds. The first-order chi connectivity index (χ1) is 16.3. The number of amides is 2. The molecule has 3 unspecified atom stereocenters. The topological polar surface area (TPSA) is 114 Å². The zero-order chi connectivity index (χ0) is 24.7. The van der Waals surface area contributed by atoms with Crippen molar-refractivity contribution in [1.29, 1.82) is 0 Å². The minimum atomic E-state index is -1.18. The fourth-order valence-electron chi connectivity index (χ4n) is 4.13. The van der Waals surface area contributed by atoms with Crippen LogP contribution in [0.5, 0.6) is 0 Å². The highest BCUT2D eigenvalue weighted by molar-refractivity contribution is 5.81. The monoisotopic (exact) mass is 466 g/mol. The molecule has 0 saturated carbocycles. The lowest BCUT2D eigenvalue weighted by molar-refractivity contribution is -0.141. The minimum absolute atomic E-state index is 0.0802. The average molecular weight is 467 g/mol. The van der Waals surface area contributed by atoms with Gasteiger partial charge < -0.3 is 25.2 Å². The van der Waals surface area contributed by atoms with E-state index in [1.165, 1.54) is 6.08 Å². The van der Waals surface area contributed by atoms with E-state index in [2.05, 4.69) is 17.2 Å². The third-order valence-electron chi connectivity index (χ3n) is 6.21. The van der Waals surface area contributed by atoms with Crippen LogP contribution in [-0.2, 0) is 14.3 Å². The van der Waals surface area contributed by atoms with E-state index in [0.29, 0.717) is 0 Å². The number of carbonyl (C=O) groups excluding carboxylic acids is 2. The first-order valence-corrected chi connectivity index (χ1v) is 11.2. The molecule has 0 aromatic heterocycles. The van der Waals surface area contributed by atoms with Gasteiger partial charge in [-0.05, 0) is 34.1 Å². The van der Waals surface area contributed by atoms with E-state index in [1.54, 1.807) is 13.8 Å². The highest BCUT2D eigenvalue weighted by Gasteiger charge is 2.33. The van der Waals surface area contributed by atoms with Crippen molar-refractivity contribution in [3.63, 3.8) is 0 Å². The summed E-state index contributed by atoms with van der Waals surface area (Å²) in [5.41, 5.74) is 4.36. The lowest BCUT2D eigenvalue weighted by Gasteiger charge is -2.27. The van der Waals surface area contributed by atoms with E-state index in [0.717, 1.165) is 22.3 Å². The van der Waals surface area contributed by atoms with Crippen LogP contribution in [0.25, 0.3) is 11.1 Å². The molecule has 0 heterocycles. The Morgan fingerprint density at radius 3 is 2.15 bits per heavy atom. The van der Waals surface area contributed by atoms with Gasteiger partial charge in [0.25, 0.3) is 0 Å². The summed E-state index contributed by atoms with van der Waals surface area (Å²) in [4.78, 5) is 36.0. The maximum atomic E-state index is 12.6. The maximum absolute atomic E-state index is 12.6. The molecular weight excluding hydrogens is 436 g/mol. The van der Waals surface area contributed by atoms with Crippen molar-refractivity contribution in [3.05, 3.63) is 72.3 Å². The van der Waals surface area contributed by atoms with Gasteiger partial charge in [0.2, 0.25) is 0 Å². The molecule has 0 bridgehead atoms. The first kappa shape index (κ1) is 24.8. The number of carbonyl (C=O) groups is 3. The molecule has 0 spiro atoms. The second kappa shape index (κ2) is 11.4. The van der Waals surface area contributed by atoms with Gasteiger partial charge >= 0.3 is 18.2 Å². The third kappa shape index (κ3) is 5.75. The Morgan fingerprint density at radius 2 is 1.59 bits per heavy atom. The second-order valence-electron chi connectivity index (χ2n) is 8.39. The molecule has 0 radical (unpaired) electrons. The average Bonchev–Trinajstić information content (AvgIpc) is 3.16. The number of hydrogen-bond acceptors (Lipinski definition) is 5. The van der Waals surface area contributed by atoms with Crippen molar-refractivity contribution in [3.8, 4) is 11.1 Å². The fraction of sp³-hybridized carbons (Fsp3) is 0.346. The van der Waals surface area contributed by atoms with Crippen LogP contribution in [0.2, 0.25) is 0 Å². The predicted molar refractivity (Wildman–Crippen MR) is 128 cm³/mol. The number of alkyl carbamates (subject to hydrolysis) is 2. The quantitative estimate of drug-likeness (QED) is 0.453. The molecule has 1 aliphatic carbocycles.